The summed E-state index contributed by atoms with van der Waals surface area (Å²) in [5.74, 6) is 0. The molecule has 1 heterocycles. The molecule has 0 radical (unpaired) electrons. The lowest BCUT2D eigenvalue weighted by Gasteiger charge is -2.37. The number of rotatable bonds is 12. The molecule has 0 amide bonds. The molecule has 0 aromatic carbocycles. The molecular formula is C18H34O5S. The van der Waals surface area contributed by atoms with Gasteiger partial charge >= 0.3 is 0 Å². The van der Waals surface area contributed by atoms with Crippen LogP contribution in [-0.4, -0.2) is 58.0 Å². The van der Waals surface area contributed by atoms with Gasteiger partial charge in [-0.2, -0.15) is 0 Å². The van der Waals surface area contributed by atoms with Crippen LogP contribution in [0.1, 0.15) is 71.1 Å². The van der Waals surface area contributed by atoms with Gasteiger partial charge in [-0.1, -0.05) is 58.3 Å². The zero-order valence-electron chi connectivity index (χ0n) is 14.9. The second-order valence-corrected chi connectivity index (χ2v) is 7.10. The van der Waals surface area contributed by atoms with Gasteiger partial charge in [0.15, 0.2) is 11.2 Å². The van der Waals surface area contributed by atoms with Gasteiger partial charge in [0, 0.05) is 6.42 Å². The van der Waals surface area contributed by atoms with Crippen molar-refractivity contribution >= 4 is 17.3 Å². The molecule has 142 valence electrons. The maximum absolute atomic E-state index is 9.99. The molecule has 4 atom stereocenters. The lowest BCUT2D eigenvalue weighted by Crippen LogP contribution is -2.55. The minimum atomic E-state index is -1.09. The minimum Gasteiger partial charge on any atom is -0.478 e. The van der Waals surface area contributed by atoms with E-state index in [1.165, 1.54) is 44.9 Å². The second-order valence-electron chi connectivity index (χ2n) is 6.65. The summed E-state index contributed by atoms with van der Waals surface area (Å²) < 4.78 is 10.9. The van der Waals surface area contributed by atoms with Crippen molar-refractivity contribution in [3.05, 3.63) is 0 Å². The normalized spacial score (nSPS) is 27.2. The molecule has 1 aliphatic heterocycles. The van der Waals surface area contributed by atoms with Crippen molar-refractivity contribution in [2.24, 2.45) is 0 Å². The summed E-state index contributed by atoms with van der Waals surface area (Å²) in [5, 5.41) is 29.3. The average Bonchev–Trinajstić information content (AvgIpc) is 2.58. The molecule has 1 saturated heterocycles. The molecule has 24 heavy (non-hydrogen) atoms. The lowest BCUT2D eigenvalue weighted by atomic mass is 10.0. The first kappa shape index (κ1) is 21.8. The van der Waals surface area contributed by atoms with E-state index in [2.05, 4.69) is 6.92 Å². The van der Waals surface area contributed by atoms with Crippen LogP contribution >= 0.6 is 12.2 Å². The van der Waals surface area contributed by atoms with Gasteiger partial charge < -0.3 is 24.8 Å². The topological polar surface area (TPSA) is 79.2 Å². The van der Waals surface area contributed by atoms with E-state index in [-0.39, 0.29) is 13.2 Å². The third-order valence-corrected chi connectivity index (χ3v) is 4.81. The highest BCUT2D eigenvalue weighted by atomic mass is 32.1. The Morgan fingerprint density at radius 3 is 2.21 bits per heavy atom. The average molecular weight is 363 g/mol. The third kappa shape index (κ3) is 8.21. The Bertz CT molecular complexity index is 337. The van der Waals surface area contributed by atoms with Crippen LogP contribution in [0.2, 0.25) is 0 Å². The molecule has 0 aromatic heterocycles. The molecule has 0 aliphatic carbocycles. The van der Waals surface area contributed by atoms with Crippen LogP contribution in [0.3, 0.4) is 0 Å². The standard InChI is InChI=1S/C18H34O5S/c1-2-3-4-5-6-7-8-9-10-11-16(24)23-18-15(12-19)22-13-14(20)17(18)21/h14-15,17-21H,2-13H2,1H3/t14-,15+,17+,18+/m0/s1. The summed E-state index contributed by atoms with van der Waals surface area (Å²) in [6.45, 7) is 1.96. The maximum Gasteiger partial charge on any atom is 0.160 e. The van der Waals surface area contributed by atoms with E-state index < -0.39 is 24.4 Å². The molecule has 1 fully saturated rings. The van der Waals surface area contributed by atoms with E-state index in [1.54, 1.807) is 0 Å². The lowest BCUT2D eigenvalue weighted by molar-refractivity contribution is -0.190. The van der Waals surface area contributed by atoms with Gasteiger partial charge in [0.05, 0.1) is 13.2 Å². The zero-order valence-corrected chi connectivity index (χ0v) is 15.7. The van der Waals surface area contributed by atoms with Gasteiger partial charge in [-0.25, -0.2) is 0 Å². The molecule has 0 unspecified atom stereocenters. The summed E-state index contributed by atoms with van der Waals surface area (Å²) in [7, 11) is 0. The summed E-state index contributed by atoms with van der Waals surface area (Å²) in [4.78, 5) is 0. The van der Waals surface area contributed by atoms with Gasteiger partial charge in [0.2, 0.25) is 0 Å². The van der Waals surface area contributed by atoms with Gasteiger partial charge in [-0.3, -0.25) is 0 Å². The molecule has 1 rings (SSSR count). The highest BCUT2D eigenvalue weighted by molar-refractivity contribution is 7.80. The van der Waals surface area contributed by atoms with Crippen molar-refractivity contribution in [3.8, 4) is 0 Å². The van der Waals surface area contributed by atoms with Crippen LogP contribution in [0.4, 0.5) is 0 Å². The van der Waals surface area contributed by atoms with Gasteiger partial charge in [-0.15, -0.1) is 0 Å². The Labute approximate surface area is 151 Å². The molecule has 0 spiro atoms. The molecule has 0 bridgehead atoms. The SMILES string of the molecule is CCCCCCCCCCCC(=S)O[C@H]1[C@H](O)[C@@H](O)CO[C@@H]1CO. The maximum atomic E-state index is 9.99. The number of aliphatic hydroxyl groups is 3. The molecule has 1 aliphatic rings. The fourth-order valence-electron chi connectivity index (χ4n) is 2.95. The smallest absolute Gasteiger partial charge is 0.160 e. The number of hydrogen-bond acceptors (Lipinski definition) is 6. The number of ether oxygens (including phenoxy) is 2. The highest BCUT2D eigenvalue weighted by Crippen LogP contribution is 2.20. The fraction of sp³-hybridized carbons (Fsp3) is 0.944. The van der Waals surface area contributed by atoms with Crippen LogP contribution in [-0.2, 0) is 9.47 Å². The van der Waals surface area contributed by atoms with Crippen molar-refractivity contribution in [2.75, 3.05) is 13.2 Å². The first-order chi connectivity index (χ1) is 11.6. The predicted molar refractivity (Wildman–Crippen MR) is 98.2 cm³/mol. The van der Waals surface area contributed by atoms with Crippen LogP contribution in [0, 0.1) is 0 Å². The van der Waals surface area contributed by atoms with Crippen molar-refractivity contribution < 1.29 is 24.8 Å². The van der Waals surface area contributed by atoms with Gasteiger partial charge in [0.1, 0.15) is 18.3 Å². The van der Waals surface area contributed by atoms with E-state index in [4.69, 9.17) is 21.7 Å². The Morgan fingerprint density at radius 2 is 1.62 bits per heavy atom. The minimum absolute atomic E-state index is 0.00271. The van der Waals surface area contributed by atoms with Crippen molar-refractivity contribution in [3.63, 3.8) is 0 Å². The second kappa shape index (κ2) is 13.0. The summed E-state index contributed by atoms with van der Waals surface area (Å²) in [5.41, 5.74) is 0. The summed E-state index contributed by atoms with van der Waals surface area (Å²) >= 11 is 5.22. The molecule has 0 saturated carbocycles. The molecule has 6 heteroatoms. The molecule has 0 aromatic rings. The van der Waals surface area contributed by atoms with Gasteiger partial charge in [0.25, 0.3) is 0 Å². The number of unbranched alkanes of at least 4 members (excludes halogenated alkanes) is 8. The van der Waals surface area contributed by atoms with Crippen molar-refractivity contribution in [2.45, 2.75) is 95.5 Å². The number of aliphatic hydroxyl groups excluding tert-OH is 3. The van der Waals surface area contributed by atoms with Crippen LogP contribution in [0.25, 0.3) is 0 Å². The first-order valence-electron chi connectivity index (χ1n) is 9.38. The van der Waals surface area contributed by atoms with E-state index in [9.17, 15) is 15.3 Å². The van der Waals surface area contributed by atoms with E-state index in [1.807, 2.05) is 0 Å². The van der Waals surface area contributed by atoms with Crippen LogP contribution < -0.4 is 0 Å². The third-order valence-electron chi connectivity index (χ3n) is 4.51. The van der Waals surface area contributed by atoms with E-state index in [0.29, 0.717) is 11.5 Å². The molecule has 3 N–H and O–H groups in total. The van der Waals surface area contributed by atoms with Crippen molar-refractivity contribution in [1.29, 1.82) is 0 Å². The predicted octanol–water partition coefficient (Wildman–Crippen LogP) is 2.73. The van der Waals surface area contributed by atoms with E-state index in [0.717, 1.165) is 12.8 Å². The number of thiocarbonyl (C=S) groups is 1. The Balaban J connectivity index is 2.12. The Hall–Kier alpha value is -0.270. The fourth-order valence-corrected chi connectivity index (χ4v) is 3.20. The monoisotopic (exact) mass is 362 g/mol. The molecule has 5 nitrogen and oxygen atoms in total. The largest absolute Gasteiger partial charge is 0.478 e. The van der Waals surface area contributed by atoms with Crippen LogP contribution in [0.5, 0.6) is 0 Å². The van der Waals surface area contributed by atoms with E-state index >= 15 is 0 Å². The first-order valence-corrected chi connectivity index (χ1v) is 9.79. The van der Waals surface area contributed by atoms with Gasteiger partial charge in [-0.05, 0) is 18.6 Å². The van der Waals surface area contributed by atoms with Crippen molar-refractivity contribution in [1.82, 2.24) is 0 Å². The molecular weight excluding hydrogens is 328 g/mol. The van der Waals surface area contributed by atoms with Crippen LogP contribution in [0.15, 0.2) is 0 Å². The Morgan fingerprint density at radius 1 is 1.04 bits per heavy atom. The number of hydrogen-bond donors (Lipinski definition) is 3. The Kier molecular flexibility index (Phi) is 11.8. The zero-order chi connectivity index (χ0) is 17.8. The summed E-state index contributed by atoms with van der Waals surface area (Å²) in [6, 6.07) is 0. The highest BCUT2D eigenvalue weighted by Gasteiger charge is 2.40. The quantitative estimate of drug-likeness (QED) is 0.366. The summed E-state index contributed by atoms with van der Waals surface area (Å²) in [6.07, 6.45) is 8.28.